The maximum absolute atomic E-state index is 9.33. The molecule has 1 aliphatic rings. The normalized spacial score (nSPS) is 49.2. The van der Waals surface area contributed by atoms with E-state index in [-0.39, 0.29) is 12.0 Å². The van der Waals surface area contributed by atoms with Crippen molar-refractivity contribution in [2.45, 2.75) is 38.8 Å². The Morgan fingerprint density at radius 1 is 1.30 bits per heavy atom. The van der Waals surface area contributed by atoms with Crippen molar-refractivity contribution in [3.63, 3.8) is 0 Å². The van der Waals surface area contributed by atoms with Gasteiger partial charge in [-0.3, -0.25) is 0 Å². The predicted octanol–water partition coefficient (Wildman–Crippen LogP) is 0.111. The Bertz CT molecular complexity index is 103. The van der Waals surface area contributed by atoms with Gasteiger partial charge < -0.3 is 14.9 Å². The van der Waals surface area contributed by atoms with E-state index in [9.17, 15) is 5.11 Å². The fourth-order valence-corrected chi connectivity index (χ4v) is 1.30. The van der Waals surface area contributed by atoms with Gasteiger partial charge in [-0.2, -0.15) is 0 Å². The molecule has 0 spiro atoms. The van der Waals surface area contributed by atoms with E-state index in [1.807, 2.05) is 6.92 Å². The van der Waals surface area contributed by atoms with Crippen LogP contribution in [0.4, 0.5) is 0 Å². The summed E-state index contributed by atoms with van der Waals surface area (Å²) in [5, 5.41) is 18.4. The van der Waals surface area contributed by atoms with E-state index in [1.165, 1.54) is 0 Å². The lowest BCUT2D eigenvalue weighted by molar-refractivity contribution is -0.209. The first-order chi connectivity index (χ1) is 4.61. The molecule has 0 aromatic heterocycles. The van der Waals surface area contributed by atoms with Gasteiger partial charge in [0.25, 0.3) is 0 Å². The van der Waals surface area contributed by atoms with Gasteiger partial charge in [0.15, 0.2) is 6.29 Å². The van der Waals surface area contributed by atoms with E-state index in [2.05, 4.69) is 0 Å². The van der Waals surface area contributed by atoms with E-state index in [0.717, 1.165) is 0 Å². The van der Waals surface area contributed by atoms with Gasteiger partial charge in [0.05, 0.1) is 12.2 Å². The van der Waals surface area contributed by atoms with Crippen LogP contribution in [0.15, 0.2) is 0 Å². The molecule has 3 heteroatoms. The molecule has 0 aromatic rings. The van der Waals surface area contributed by atoms with Crippen LogP contribution in [-0.2, 0) is 4.74 Å². The average molecular weight is 146 g/mol. The molecule has 1 rings (SSSR count). The molecule has 3 unspecified atom stereocenters. The van der Waals surface area contributed by atoms with Gasteiger partial charge in [-0.05, 0) is 12.8 Å². The van der Waals surface area contributed by atoms with Crippen LogP contribution in [0.3, 0.4) is 0 Å². The Hall–Kier alpha value is -0.120. The highest BCUT2D eigenvalue weighted by molar-refractivity contribution is 4.76. The van der Waals surface area contributed by atoms with Crippen LogP contribution < -0.4 is 0 Å². The zero-order valence-corrected chi connectivity index (χ0v) is 6.32. The number of hydrogen-bond donors (Lipinski definition) is 2. The summed E-state index contributed by atoms with van der Waals surface area (Å²) >= 11 is 0. The van der Waals surface area contributed by atoms with E-state index < -0.39 is 12.4 Å². The summed E-state index contributed by atoms with van der Waals surface area (Å²) in [4.78, 5) is 0. The number of rotatable bonds is 0. The second-order valence-electron chi connectivity index (χ2n) is 3.00. The highest BCUT2D eigenvalue weighted by Gasteiger charge is 2.30. The highest BCUT2D eigenvalue weighted by Crippen LogP contribution is 2.23. The minimum absolute atomic E-state index is 0.138. The molecule has 10 heavy (non-hydrogen) atoms. The summed E-state index contributed by atoms with van der Waals surface area (Å²) in [7, 11) is 0. The fourth-order valence-electron chi connectivity index (χ4n) is 1.30. The summed E-state index contributed by atoms with van der Waals surface area (Å²) in [6.45, 7) is 3.68. The summed E-state index contributed by atoms with van der Waals surface area (Å²) < 4.78 is 4.97. The second kappa shape index (κ2) is 2.86. The number of aliphatic hydroxyl groups excluding tert-OH is 2. The Morgan fingerprint density at radius 3 is 2.40 bits per heavy atom. The molecule has 0 bridgehead atoms. The third-order valence-corrected chi connectivity index (χ3v) is 2.01. The standard InChI is InChI=1S/C7H14O3/c1-4-3-6(8)10-5(2)7(4)9/h4-9H,3H2,1-2H3/t4?,5?,6?,7-/m1/s1. The van der Waals surface area contributed by atoms with Crippen LogP contribution in [0.5, 0.6) is 0 Å². The molecule has 60 valence electrons. The van der Waals surface area contributed by atoms with E-state index in [1.54, 1.807) is 6.92 Å². The molecule has 0 saturated carbocycles. The van der Waals surface area contributed by atoms with E-state index >= 15 is 0 Å². The van der Waals surface area contributed by atoms with Crippen molar-refractivity contribution in [3.05, 3.63) is 0 Å². The Balaban J connectivity index is 2.49. The predicted molar refractivity (Wildman–Crippen MR) is 36.3 cm³/mol. The summed E-state index contributed by atoms with van der Waals surface area (Å²) in [6.07, 6.45) is -0.818. The lowest BCUT2D eigenvalue weighted by atomic mass is 9.94. The topological polar surface area (TPSA) is 49.7 Å². The quantitative estimate of drug-likeness (QED) is 0.510. The van der Waals surface area contributed by atoms with Crippen molar-refractivity contribution in [2.75, 3.05) is 0 Å². The molecule has 0 aromatic carbocycles. The third kappa shape index (κ3) is 1.48. The fraction of sp³-hybridized carbons (Fsp3) is 1.00. The van der Waals surface area contributed by atoms with Crippen molar-refractivity contribution in [1.29, 1.82) is 0 Å². The van der Waals surface area contributed by atoms with E-state index in [4.69, 9.17) is 9.84 Å². The molecule has 3 nitrogen and oxygen atoms in total. The Kier molecular flexibility index (Phi) is 2.28. The summed E-state index contributed by atoms with van der Waals surface area (Å²) in [5.41, 5.74) is 0. The van der Waals surface area contributed by atoms with Gasteiger partial charge in [0.1, 0.15) is 0 Å². The molecule has 4 atom stereocenters. The maximum atomic E-state index is 9.33. The first kappa shape index (κ1) is 7.98. The van der Waals surface area contributed by atoms with Crippen LogP contribution in [0.25, 0.3) is 0 Å². The first-order valence-corrected chi connectivity index (χ1v) is 3.63. The maximum Gasteiger partial charge on any atom is 0.155 e. The molecule has 2 N–H and O–H groups in total. The molecule has 1 heterocycles. The van der Waals surface area contributed by atoms with Crippen molar-refractivity contribution in [1.82, 2.24) is 0 Å². The number of aliphatic hydroxyl groups is 2. The lowest BCUT2D eigenvalue weighted by Gasteiger charge is -2.33. The van der Waals surface area contributed by atoms with Crippen LogP contribution in [-0.4, -0.2) is 28.7 Å². The van der Waals surface area contributed by atoms with Crippen LogP contribution in [0.2, 0.25) is 0 Å². The largest absolute Gasteiger partial charge is 0.390 e. The van der Waals surface area contributed by atoms with E-state index in [0.29, 0.717) is 6.42 Å². The number of hydrogen-bond acceptors (Lipinski definition) is 3. The molecule has 0 radical (unpaired) electrons. The molecule has 0 aliphatic carbocycles. The monoisotopic (exact) mass is 146 g/mol. The van der Waals surface area contributed by atoms with Crippen LogP contribution in [0, 0.1) is 5.92 Å². The van der Waals surface area contributed by atoms with Gasteiger partial charge in [-0.25, -0.2) is 0 Å². The zero-order chi connectivity index (χ0) is 7.72. The minimum atomic E-state index is -0.687. The highest BCUT2D eigenvalue weighted by atomic mass is 16.6. The van der Waals surface area contributed by atoms with Crippen molar-refractivity contribution in [3.8, 4) is 0 Å². The zero-order valence-electron chi connectivity index (χ0n) is 6.32. The number of ether oxygens (including phenoxy) is 1. The van der Waals surface area contributed by atoms with Gasteiger partial charge in [-0.1, -0.05) is 6.92 Å². The molecule has 1 aliphatic heterocycles. The minimum Gasteiger partial charge on any atom is -0.390 e. The van der Waals surface area contributed by atoms with Gasteiger partial charge in [0.2, 0.25) is 0 Å². The molecule has 1 fully saturated rings. The average Bonchev–Trinajstić information content (AvgIpc) is 1.82. The summed E-state index contributed by atoms with van der Waals surface area (Å²) in [6, 6.07) is 0. The SMILES string of the molecule is CC1CC(O)OC(C)[C@@H]1O. The smallest absolute Gasteiger partial charge is 0.155 e. The molecular weight excluding hydrogens is 132 g/mol. The summed E-state index contributed by atoms with van der Waals surface area (Å²) in [5.74, 6) is 0.138. The molecular formula is C7H14O3. The molecule has 0 amide bonds. The van der Waals surface area contributed by atoms with Gasteiger partial charge in [-0.15, -0.1) is 0 Å². The Labute approximate surface area is 60.6 Å². The van der Waals surface area contributed by atoms with Crippen molar-refractivity contribution >= 4 is 0 Å². The third-order valence-electron chi connectivity index (χ3n) is 2.01. The van der Waals surface area contributed by atoms with Gasteiger partial charge in [0, 0.05) is 6.42 Å². The van der Waals surface area contributed by atoms with Gasteiger partial charge >= 0.3 is 0 Å². The lowest BCUT2D eigenvalue weighted by Crippen LogP contribution is -2.42. The van der Waals surface area contributed by atoms with Crippen LogP contribution >= 0.6 is 0 Å². The first-order valence-electron chi connectivity index (χ1n) is 3.63. The molecule has 1 saturated heterocycles. The van der Waals surface area contributed by atoms with Crippen molar-refractivity contribution < 1.29 is 14.9 Å². The second-order valence-corrected chi connectivity index (χ2v) is 3.00. The Morgan fingerprint density at radius 2 is 1.90 bits per heavy atom. The van der Waals surface area contributed by atoms with Crippen LogP contribution in [0.1, 0.15) is 20.3 Å². The van der Waals surface area contributed by atoms with Crippen molar-refractivity contribution in [2.24, 2.45) is 5.92 Å².